The molecule has 0 unspecified atom stereocenters. The lowest BCUT2D eigenvalue weighted by Crippen LogP contribution is -2.41. The monoisotopic (exact) mass is 248 g/mol. The average molecular weight is 248 g/mol. The van der Waals surface area contributed by atoms with Crippen LogP contribution < -0.4 is 0 Å². The summed E-state index contributed by atoms with van der Waals surface area (Å²) in [5.74, 6) is 0.726. The highest BCUT2D eigenvalue weighted by molar-refractivity contribution is 5.68. The molecule has 0 aliphatic carbocycles. The Morgan fingerprint density at radius 3 is 2.83 bits per heavy atom. The maximum atomic E-state index is 11.9. The Balaban J connectivity index is 2.08. The topological polar surface area (TPSA) is 71.2 Å². The number of fused-ring (bicyclic) bond motifs is 1. The first-order valence-corrected chi connectivity index (χ1v) is 5.83. The number of hydrogen-bond donors (Lipinski definition) is 0. The molecule has 1 aromatic rings. The summed E-state index contributed by atoms with van der Waals surface area (Å²) in [7, 11) is 0. The number of rotatable bonds is 0. The zero-order chi connectivity index (χ0) is 13.3. The predicted octanol–water partition coefficient (Wildman–Crippen LogP) is 1.51. The molecule has 1 amide bonds. The van der Waals surface area contributed by atoms with Gasteiger partial charge in [0.1, 0.15) is 17.5 Å². The smallest absolute Gasteiger partial charge is 0.410 e. The fourth-order valence-corrected chi connectivity index (χ4v) is 1.79. The van der Waals surface area contributed by atoms with E-state index in [1.807, 2.05) is 31.4 Å². The second-order valence-corrected chi connectivity index (χ2v) is 5.25. The van der Waals surface area contributed by atoms with Gasteiger partial charge in [-0.25, -0.2) is 9.78 Å². The van der Waals surface area contributed by atoms with Gasteiger partial charge < -0.3 is 9.30 Å². The van der Waals surface area contributed by atoms with Crippen LogP contribution in [0.4, 0.5) is 4.79 Å². The summed E-state index contributed by atoms with van der Waals surface area (Å²) in [5.41, 5.74) is -0.113. The van der Waals surface area contributed by atoms with Gasteiger partial charge in [0.15, 0.2) is 5.69 Å². The minimum atomic E-state index is -0.498. The lowest BCUT2D eigenvalue weighted by molar-refractivity contribution is 0.0195. The van der Waals surface area contributed by atoms with Crippen molar-refractivity contribution in [2.75, 3.05) is 6.54 Å². The van der Waals surface area contributed by atoms with Crippen LogP contribution in [0.25, 0.3) is 0 Å². The van der Waals surface area contributed by atoms with Crippen molar-refractivity contribution in [2.45, 2.75) is 39.5 Å². The van der Waals surface area contributed by atoms with E-state index >= 15 is 0 Å². The van der Waals surface area contributed by atoms with E-state index in [0.717, 1.165) is 5.82 Å². The SMILES string of the molecule is CC(C)(C)OC(=O)N1CCn2cc(C#N)nc2C1. The van der Waals surface area contributed by atoms with Crippen LogP contribution in [0.5, 0.6) is 0 Å². The molecule has 0 fully saturated rings. The van der Waals surface area contributed by atoms with E-state index in [1.54, 1.807) is 11.1 Å². The molecular weight excluding hydrogens is 232 g/mol. The first kappa shape index (κ1) is 12.4. The number of imidazole rings is 1. The molecule has 2 heterocycles. The number of amides is 1. The first-order valence-electron chi connectivity index (χ1n) is 5.83. The molecule has 6 nitrogen and oxygen atoms in total. The molecule has 0 aromatic carbocycles. The van der Waals surface area contributed by atoms with Gasteiger partial charge in [0, 0.05) is 19.3 Å². The van der Waals surface area contributed by atoms with Crippen molar-refractivity contribution in [1.82, 2.24) is 14.5 Å². The van der Waals surface area contributed by atoms with E-state index < -0.39 is 5.60 Å². The van der Waals surface area contributed by atoms with Gasteiger partial charge >= 0.3 is 6.09 Å². The number of ether oxygens (including phenoxy) is 1. The Morgan fingerprint density at radius 1 is 1.50 bits per heavy atom. The van der Waals surface area contributed by atoms with Crippen molar-refractivity contribution in [3.8, 4) is 6.07 Å². The summed E-state index contributed by atoms with van der Waals surface area (Å²) in [6.07, 6.45) is 1.37. The molecule has 1 aromatic heterocycles. The zero-order valence-electron chi connectivity index (χ0n) is 10.8. The molecule has 2 rings (SSSR count). The standard InChI is InChI=1S/C12H16N4O2/c1-12(2,3)18-11(17)16-5-4-15-7-9(6-13)14-10(15)8-16/h7H,4-5,8H2,1-3H3. The highest BCUT2D eigenvalue weighted by atomic mass is 16.6. The quantitative estimate of drug-likeness (QED) is 0.697. The van der Waals surface area contributed by atoms with Crippen LogP contribution in [0.2, 0.25) is 0 Å². The van der Waals surface area contributed by atoms with E-state index in [2.05, 4.69) is 4.98 Å². The molecule has 6 heteroatoms. The normalized spacial score (nSPS) is 14.9. The van der Waals surface area contributed by atoms with Crippen LogP contribution >= 0.6 is 0 Å². The van der Waals surface area contributed by atoms with Crippen molar-refractivity contribution in [1.29, 1.82) is 5.26 Å². The van der Waals surface area contributed by atoms with Gasteiger partial charge in [-0.2, -0.15) is 5.26 Å². The summed E-state index contributed by atoms with van der Waals surface area (Å²) in [5, 5.41) is 8.78. The summed E-state index contributed by atoms with van der Waals surface area (Å²) < 4.78 is 7.21. The molecule has 0 atom stereocenters. The highest BCUT2D eigenvalue weighted by Crippen LogP contribution is 2.16. The average Bonchev–Trinajstić information content (AvgIpc) is 2.68. The van der Waals surface area contributed by atoms with E-state index in [4.69, 9.17) is 10.00 Å². The summed E-state index contributed by atoms with van der Waals surface area (Å²) in [6.45, 7) is 7.11. The van der Waals surface area contributed by atoms with Crippen molar-refractivity contribution in [3.05, 3.63) is 17.7 Å². The number of hydrogen-bond acceptors (Lipinski definition) is 4. The molecule has 0 spiro atoms. The second-order valence-electron chi connectivity index (χ2n) is 5.25. The molecule has 0 bridgehead atoms. The van der Waals surface area contributed by atoms with E-state index in [9.17, 15) is 4.79 Å². The highest BCUT2D eigenvalue weighted by Gasteiger charge is 2.26. The Bertz CT molecular complexity index is 507. The van der Waals surface area contributed by atoms with Crippen molar-refractivity contribution in [3.63, 3.8) is 0 Å². The number of carbonyl (C=O) groups is 1. The third kappa shape index (κ3) is 2.62. The van der Waals surface area contributed by atoms with Crippen LogP contribution in [0.15, 0.2) is 6.20 Å². The van der Waals surface area contributed by atoms with Gasteiger partial charge in [-0.15, -0.1) is 0 Å². The zero-order valence-corrected chi connectivity index (χ0v) is 10.8. The van der Waals surface area contributed by atoms with E-state index in [0.29, 0.717) is 25.3 Å². The third-order valence-corrected chi connectivity index (χ3v) is 2.57. The van der Waals surface area contributed by atoms with Gasteiger partial charge in [0.25, 0.3) is 0 Å². The Kier molecular flexibility index (Phi) is 2.99. The van der Waals surface area contributed by atoms with Gasteiger partial charge in [0.05, 0.1) is 6.54 Å². The number of carbonyl (C=O) groups excluding carboxylic acids is 1. The molecule has 96 valence electrons. The molecule has 1 aliphatic heterocycles. The van der Waals surface area contributed by atoms with Crippen molar-refractivity contribution >= 4 is 6.09 Å². The largest absolute Gasteiger partial charge is 0.444 e. The van der Waals surface area contributed by atoms with Gasteiger partial charge in [-0.1, -0.05) is 0 Å². The Labute approximate surface area is 106 Å². The molecule has 18 heavy (non-hydrogen) atoms. The fourth-order valence-electron chi connectivity index (χ4n) is 1.79. The van der Waals surface area contributed by atoms with E-state index in [1.165, 1.54) is 0 Å². The van der Waals surface area contributed by atoms with E-state index in [-0.39, 0.29) is 6.09 Å². The lowest BCUT2D eigenvalue weighted by atomic mass is 10.2. The molecule has 1 aliphatic rings. The van der Waals surface area contributed by atoms with Crippen LogP contribution in [0.1, 0.15) is 32.3 Å². The van der Waals surface area contributed by atoms with Crippen LogP contribution in [0, 0.1) is 11.3 Å². The van der Waals surface area contributed by atoms with Crippen LogP contribution in [-0.2, 0) is 17.8 Å². The third-order valence-electron chi connectivity index (χ3n) is 2.57. The first-order chi connectivity index (χ1) is 8.39. The minimum Gasteiger partial charge on any atom is -0.444 e. The number of aromatic nitrogens is 2. The van der Waals surface area contributed by atoms with Crippen LogP contribution in [0.3, 0.4) is 0 Å². The molecule has 0 saturated heterocycles. The lowest BCUT2D eigenvalue weighted by Gasteiger charge is -2.30. The molecule has 0 saturated carbocycles. The number of nitriles is 1. The maximum absolute atomic E-state index is 11.9. The predicted molar refractivity (Wildman–Crippen MR) is 63.6 cm³/mol. The van der Waals surface area contributed by atoms with Crippen LogP contribution in [-0.4, -0.2) is 32.7 Å². The number of nitrogens with zero attached hydrogens (tertiary/aromatic N) is 4. The van der Waals surface area contributed by atoms with Gasteiger partial charge in [0.2, 0.25) is 0 Å². The van der Waals surface area contributed by atoms with Crippen molar-refractivity contribution < 1.29 is 9.53 Å². The molecule has 0 N–H and O–H groups in total. The summed E-state index contributed by atoms with van der Waals surface area (Å²) in [6, 6.07) is 2.00. The fraction of sp³-hybridized carbons (Fsp3) is 0.583. The summed E-state index contributed by atoms with van der Waals surface area (Å²) in [4.78, 5) is 17.7. The maximum Gasteiger partial charge on any atom is 0.410 e. The minimum absolute atomic E-state index is 0.338. The molecule has 0 radical (unpaired) electrons. The van der Waals surface area contributed by atoms with Gasteiger partial charge in [-0.05, 0) is 20.8 Å². The summed E-state index contributed by atoms with van der Waals surface area (Å²) >= 11 is 0. The Hall–Kier alpha value is -2.03. The molecular formula is C12H16N4O2. The van der Waals surface area contributed by atoms with Gasteiger partial charge in [-0.3, -0.25) is 4.90 Å². The second kappa shape index (κ2) is 4.33. The Morgan fingerprint density at radius 2 is 2.22 bits per heavy atom. The van der Waals surface area contributed by atoms with Crippen molar-refractivity contribution in [2.24, 2.45) is 0 Å².